The smallest absolute Gasteiger partial charge is 0.254 e. The molecular formula is C20H29ClN2O2. The number of benzene rings is 1. The highest BCUT2D eigenvalue weighted by Crippen LogP contribution is 2.26. The minimum Gasteiger partial charge on any atom is -0.334 e. The molecule has 0 N–H and O–H groups in total. The number of Topliss-reactive ketones (excluding diaryl/α,β-unsaturated/α-hetero) is 1. The molecule has 138 valence electrons. The van der Waals surface area contributed by atoms with Crippen LogP contribution in [0.25, 0.3) is 0 Å². The Bertz CT molecular complexity index is 631. The second-order valence-electron chi connectivity index (χ2n) is 8.24. The van der Waals surface area contributed by atoms with Crippen molar-refractivity contribution in [2.75, 3.05) is 26.2 Å². The maximum absolute atomic E-state index is 12.5. The quantitative estimate of drug-likeness (QED) is 0.822. The number of hydrogen-bond acceptors (Lipinski definition) is 3. The SMILES string of the molecule is CC(C)(C)C(=O)CN1CCC(CN2Cc3ccccc3C2=O)CC1.Cl. The van der Waals surface area contributed by atoms with Crippen LogP contribution in [0, 0.1) is 11.3 Å². The van der Waals surface area contributed by atoms with Crippen molar-refractivity contribution < 1.29 is 9.59 Å². The molecule has 1 aromatic rings. The lowest BCUT2D eigenvalue weighted by Gasteiger charge is -2.34. The summed E-state index contributed by atoms with van der Waals surface area (Å²) in [6, 6.07) is 7.91. The molecular weight excluding hydrogens is 336 g/mol. The molecule has 0 bridgehead atoms. The summed E-state index contributed by atoms with van der Waals surface area (Å²) in [7, 11) is 0. The zero-order valence-electron chi connectivity index (χ0n) is 15.5. The van der Waals surface area contributed by atoms with Gasteiger partial charge in [0.25, 0.3) is 5.91 Å². The van der Waals surface area contributed by atoms with E-state index >= 15 is 0 Å². The highest BCUT2D eigenvalue weighted by molar-refractivity contribution is 5.98. The molecule has 0 saturated carbocycles. The van der Waals surface area contributed by atoms with Crippen LogP contribution in [-0.4, -0.2) is 47.7 Å². The van der Waals surface area contributed by atoms with Gasteiger partial charge in [0.05, 0.1) is 6.54 Å². The number of amides is 1. The van der Waals surface area contributed by atoms with Crippen LogP contribution >= 0.6 is 12.4 Å². The number of ketones is 1. The van der Waals surface area contributed by atoms with Gasteiger partial charge in [-0.15, -0.1) is 12.4 Å². The van der Waals surface area contributed by atoms with Gasteiger partial charge >= 0.3 is 0 Å². The van der Waals surface area contributed by atoms with Gasteiger partial charge in [-0.1, -0.05) is 39.0 Å². The summed E-state index contributed by atoms with van der Waals surface area (Å²) >= 11 is 0. The number of carbonyl (C=O) groups excluding carboxylic acids is 2. The van der Waals surface area contributed by atoms with E-state index < -0.39 is 0 Å². The Morgan fingerprint density at radius 1 is 1.16 bits per heavy atom. The van der Waals surface area contributed by atoms with Gasteiger partial charge in [-0.3, -0.25) is 14.5 Å². The van der Waals surface area contributed by atoms with Crippen molar-refractivity contribution in [2.45, 2.75) is 40.2 Å². The topological polar surface area (TPSA) is 40.6 Å². The average Bonchev–Trinajstić information content (AvgIpc) is 2.85. The summed E-state index contributed by atoms with van der Waals surface area (Å²) in [5, 5.41) is 0. The second-order valence-corrected chi connectivity index (χ2v) is 8.24. The van der Waals surface area contributed by atoms with Gasteiger partial charge in [-0.05, 0) is 43.5 Å². The van der Waals surface area contributed by atoms with E-state index in [4.69, 9.17) is 0 Å². The maximum Gasteiger partial charge on any atom is 0.254 e. The molecule has 0 aromatic heterocycles. The third-order valence-corrected chi connectivity index (χ3v) is 5.29. The number of halogens is 1. The molecule has 4 nitrogen and oxygen atoms in total. The van der Waals surface area contributed by atoms with Gasteiger partial charge < -0.3 is 4.90 Å². The molecule has 2 aliphatic heterocycles. The van der Waals surface area contributed by atoms with Gasteiger partial charge in [0, 0.05) is 24.1 Å². The Morgan fingerprint density at radius 3 is 2.40 bits per heavy atom. The molecule has 25 heavy (non-hydrogen) atoms. The Kier molecular flexibility index (Phi) is 6.28. The number of likely N-dealkylation sites (tertiary alicyclic amines) is 1. The fourth-order valence-electron chi connectivity index (χ4n) is 3.54. The third kappa shape index (κ3) is 4.62. The predicted molar refractivity (Wildman–Crippen MR) is 102 cm³/mol. The summed E-state index contributed by atoms with van der Waals surface area (Å²) in [5.74, 6) is 1.03. The summed E-state index contributed by atoms with van der Waals surface area (Å²) in [6.07, 6.45) is 2.13. The Morgan fingerprint density at radius 2 is 1.80 bits per heavy atom. The molecule has 0 spiro atoms. The molecule has 1 aromatic carbocycles. The van der Waals surface area contributed by atoms with Gasteiger partial charge in [0.15, 0.2) is 5.78 Å². The zero-order valence-corrected chi connectivity index (χ0v) is 16.3. The molecule has 1 fully saturated rings. The van der Waals surface area contributed by atoms with Crippen LogP contribution in [0.1, 0.15) is 49.5 Å². The number of carbonyl (C=O) groups is 2. The molecule has 1 amide bonds. The minimum absolute atomic E-state index is 0. The summed E-state index contributed by atoms with van der Waals surface area (Å²) < 4.78 is 0. The van der Waals surface area contributed by atoms with E-state index in [-0.39, 0.29) is 23.7 Å². The van der Waals surface area contributed by atoms with E-state index in [1.54, 1.807) is 0 Å². The Balaban J connectivity index is 0.00000225. The van der Waals surface area contributed by atoms with E-state index in [2.05, 4.69) is 4.90 Å². The van der Waals surface area contributed by atoms with Crippen LogP contribution < -0.4 is 0 Å². The van der Waals surface area contributed by atoms with Crippen molar-refractivity contribution in [1.82, 2.24) is 9.80 Å². The van der Waals surface area contributed by atoms with Crippen molar-refractivity contribution in [1.29, 1.82) is 0 Å². The minimum atomic E-state index is -0.259. The van der Waals surface area contributed by atoms with E-state index in [1.165, 1.54) is 0 Å². The molecule has 2 heterocycles. The predicted octanol–water partition coefficient (Wildman–Crippen LogP) is 3.39. The number of nitrogens with zero attached hydrogens (tertiary/aromatic N) is 2. The van der Waals surface area contributed by atoms with Crippen LogP contribution in [0.5, 0.6) is 0 Å². The average molecular weight is 365 g/mol. The summed E-state index contributed by atoms with van der Waals surface area (Å²) in [4.78, 5) is 28.9. The first kappa shape index (κ1) is 19.9. The normalized spacial score (nSPS) is 18.8. The van der Waals surface area contributed by atoms with E-state index in [0.717, 1.165) is 50.1 Å². The molecule has 0 atom stereocenters. The molecule has 5 heteroatoms. The summed E-state index contributed by atoms with van der Waals surface area (Å²) in [5.41, 5.74) is 1.76. The van der Waals surface area contributed by atoms with Gasteiger partial charge in [0.1, 0.15) is 0 Å². The third-order valence-electron chi connectivity index (χ3n) is 5.29. The van der Waals surface area contributed by atoms with Crippen LogP contribution in [-0.2, 0) is 11.3 Å². The highest BCUT2D eigenvalue weighted by Gasteiger charge is 2.31. The first-order valence-electron chi connectivity index (χ1n) is 8.97. The zero-order chi connectivity index (χ0) is 17.3. The molecule has 2 aliphatic rings. The molecule has 0 radical (unpaired) electrons. The van der Waals surface area contributed by atoms with Crippen LogP contribution in [0.2, 0.25) is 0 Å². The van der Waals surface area contributed by atoms with E-state index in [0.29, 0.717) is 18.2 Å². The maximum atomic E-state index is 12.5. The molecule has 0 unspecified atom stereocenters. The fourth-order valence-corrected chi connectivity index (χ4v) is 3.54. The van der Waals surface area contributed by atoms with Crippen molar-refractivity contribution >= 4 is 24.1 Å². The van der Waals surface area contributed by atoms with E-state index in [9.17, 15) is 9.59 Å². The van der Waals surface area contributed by atoms with Crippen molar-refractivity contribution in [2.24, 2.45) is 11.3 Å². The number of fused-ring (bicyclic) bond motifs is 1. The lowest BCUT2D eigenvalue weighted by molar-refractivity contribution is -0.127. The standard InChI is InChI=1S/C20H28N2O2.ClH/c1-20(2,3)18(23)14-21-10-8-15(9-11-21)12-22-13-16-6-4-5-7-17(16)19(22)24;/h4-7,15H,8-14H2,1-3H3;1H. The first-order valence-corrected chi connectivity index (χ1v) is 8.97. The molecule has 3 rings (SSSR count). The monoisotopic (exact) mass is 364 g/mol. The first-order chi connectivity index (χ1) is 11.3. The second kappa shape index (κ2) is 7.88. The fraction of sp³-hybridized carbons (Fsp3) is 0.600. The van der Waals surface area contributed by atoms with E-state index in [1.807, 2.05) is 49.9 Å². The van der Waals surface area contributed by atoms with Gasteiger partial charge in [0.2, 0.25) is 0 Å². The number of piperidine rings is 1. The number of rotatable bonds is 4. The lowest BCUT2D eigenvalue weighted by Crippen LogP contribution is -2.42. The van der Waals surface area contributed by atoms with Gasteiger partial charge in [-0.2, -0.15) is 0 Å². The Hall–Kier alpha value is -1.39. The van der Waals surface area contributed by atoms with Crippen LogP contribution in [0.3, 0.4) is 0 Å². The van der Waals surface area contributed by atoms with Crippen LogP contribution in [0.15, 0.2) is 24.3 Å². The Labute approximate surface area is 157 Å². The molecule has 0 aliphatic carbocycles. The lowest BCUT2D eigenvalue weighted by atomic mass is 9.89. The largest absolute Gasteiger partial charge is 0.334 e. The van der Waals surface area contributed by atoms with Crippen molar-refractivity contribution in [3.63, 3.8) is 0 Å². The molecule has 1 saturated heterocycles. The van der Waals surface area contributed by atoms with Gasteiger partial charge in [-0.25, -0.2) is 0 Å². The summed E-state index contributed by atoms with van der Waals surface area (Å²) in [6.45, 7) is 10.0. The highest BCUT2D eigenvalue weighted by atomic mass is 35.5. The van der Waals surface area contributed by atoms with Crippen molar-refractivity contribution in [3.05, 3.63) is 35.4 Å². The van der Waals surface area contributed by atoms with Crippen LogP contribution in [0.4, 0.5) is 0 Å². The van der Waals surface area contributed by atoms with Crippen molar-refractivity contribution in [3.8, 4) is 0 Å². The number of hydrogen-bond donors (Lipinski definition) is 0.